The molecule has 0 amide bonds. The average molecular weight is 749 g/mol. The van der Waals surface area contributed by atoms with Crippen molar-refractivity contribution in [2.24, 2.45) is 0 Å². The Morgan fingerprint density at radius 2 is 0.895 bits per heavy atom. The van der Waals surface area contributed by atoms with Crippen molar-refractivity contribution in [1.29, 1.82) is 0 Å². The van der Waals surface area contributed by atoms with Gasteiger partial charge in [-0.2, -0.15) is 0 Å². The first-order chi connectivity index (χ1) is 27.5. The molecule has 7 nitrogen and oxygen atoms in total. The van der Waals surface area contributed by atoms with Crippen molar-refractivity contribution in [2.45, 2.75) is 45.4 Å². The van der Waals surface area contributed by atoms with Crippen LogP contribution < -0.4 is 14.5 Å². The highest BCUT2D eigenvalue weighted by atomic mass is 16.6. The van der Waals surface area contributed by atoms with Gasteiger partial charge in [-0.25, -0.2) is 9.59 Å². The summed E-state index contributed by atoms with van der Waals surface area (Å²) in [6, 6.07) is 45.4. The molecule has 4 aliphatic heterocycles. The third-order valence-corrected chi connectivity index (χ3v) is 12.1. The fourth-order valence-electron chi connectivity index (χ4n) is 9.09. The van der Waals surface area contributed by atoms with Crippen LogP contribution in [0.3, 0.4) is 0 Å². The van der Waals surface area contributed by atoms with E-state index in [9.17, 15) is 9.59 Å². The summed E-state index contributed by atoms with van der Waals surface area (Å²) in [5.41, 5.74) is 12.7. The summed E-state index contributed by atoms with van der Waals surface area (Å²) in [4.78, 5) is 32.3. The van der Waals surface area contributed by atoms with Gasteiger partial charge in [0.2, 0.25) is 0 Å². The van der Waals surface area contributed by atoms with Crippen LogP contribution in [0, 0.1) is 6.92 Å². The second-order valence-electron chi connectivity index (χ2n) is 16.1. The molecule has 0 saturated carbocycles. The summed E-state index contributed by atoms with van der Waals surface area (Å²) in [5.74, 6) is -0.0109. The molecule has 0 fully saturated rings. The fraction of sp³-hybridized carbons (Fsp3) is 0.160. The number of para-hydroxylation sites is 2. The van der Waals surface area contributed by atoms with E-state index in [-0.39, 0.29) is 22.7 Å². The smallest absolute Gasteiger partial charge is 0.348 e. The number of esters is 2. The minimum absolute atomic E-state index is 0.157. The molecule has 0 aromatic heterocycles. The molecular formula is C50H40N2O5. The molecule has 280 valence electrons. The van der Waals surface area contributed by atoms with Crippen molar-refractivity contribution >= 4 is 57.2 Å². The van der Waals surface area contributed by atoms with Crippen LogP contribution in [-0.4, -0.2) is 19.0 Å². The van der Waals surface area contributed by atoms with E-state index < -0.39 is 22.8 Å². The maximum atomic E-state index is 13.9. The Kier molecular flexibility index (Phi) is 7.48. The molecule has 57 heavy (non-hydrogen) atoms. The number of rotatable bonds is 5. The van der Waals surface area contributed by atoms with Crippen LogP contribution in [0.2, 0.25) is 0 Å². The lowest BCUT2D eigenvalue weighted by atomic mass is 9.72. The maximum absolute atomic E-state index is 13.9. The van der Waals surface area contributed by atoms with E-state index in [2.05, 4.69) is 123 Å². The minimum atomic E-state index is -0.552. The Labute approximate surface area is 332 Å². The molecule has 4 heterocycles. The molecule has 0 saturated heterocycles. The fourth-order valence-corrected chi connectivity index (χ4v) is 9.09. The third-order valence-electron chi connectivity index (χ3n) is 12.1. The quantitative estimate of drug-likeness (QED) is 0.163. The number of hydrogen-bond donors (Lipinski definition) is 0. The van der Waals surface area contributed by atoms with Crippen molar-refractivity contribution in [1.82, 2.24) is 0 Å². The van der Waals surface area contributed by atoms with Gasteiger partial charge < -0.3 is 24.0 Å². The highest BCUT2D eigenvalue weighted by Crippen LogP contribution is 2.55. The standard InChI is InChI=1S/C50H40N2O5/c1-29-15-19-32(20-16-29)51-39-13-9-7-11-35(39)49(2,3)37-27-30(17-25-41(37)51)43-45-46(57-47(43)53)44(48(54)56-45)31-18-26-42-38(28-31)50(4,5)36-12-8-10-14-40(36)52(42)33-21-23-34(55-6)24-22-33/h7-28H,1-6H3. The molecule has 7 heteroatoms. The highest BCUT2D eigenvalue weighted by molar-refractivity contribution is 6.29. The van der Waals surface area contributed by atoms with Crippen molar-refractivity contribution in [3.8, 4) is 5.75 Å². The van der Waals surface area contributed by atoms with Crippen molar-refractivity contribution in [2.75, 3.05) is 16.9 Å². The second kappa shape index (κ2) is 12.3. The number of methoxy groups -OCH3 is 1. The molecule has 0 unspecified atom stereocenters. The number of fused-ring (bicyclic) bond motifs is 5. The van der Waals surface area contributed by atoms with Gasteiger partial charge in [-0.15, -0.1) is 0 Å². The summed E-state index contributed by atoms with van der Waals surface area (Å²) in [6.07, 6.45) is 0. The summed E-state index contributed by atoms with van der Waals surface area (Å²) < 4.78 is 17.4. The first-order valence-corrected chi connectivity index (χ1v) is 19.2. The summed E-state index contributed by atoms with van der Waals surface area (Å²) in [7, 11) is 1.66. The Bertz CT molecular complexity index is 2770. The summed E-state index contributed by atoms with van der Waals surface area (Å²) in [6.45, 7) is 10.9. The number of anilines is 6. The second-order valence-corrected chi connectivity index (χ2v) is 16.1. The van der Waals surface area contributed by atoms with Gasteiger partial charge in [0.1, 0.15) is 16.9 Å². The van der Waals surface area contributed by atoms with Crippen LogP contribution in [0.4, 0.5) is 34.1 Å². The number of carbonyl (C=O) groups is 2. The number of nitrogens with zero attached hydrogens (tertiary/aromatic N) is 2. The molecular weight excluding hydrogens is 709 g/mol. The van der Waals surface area contributed by atoms with Gasteiger partial charge in [-0.1, -0.05) is 93.9 Å². The molecule has 0 bridgehead atoms. The van der Waals surface area contributed by atoms with E-state index in [1.165, 1.54) is 11.1 Å². The Morgan fingerprint density at radius 3 is 1.33 bits per heavy atom. The minimum Gasteiger partial charge on any atom is -0.497 e. The zero-order valence-corrected chi connectivity index (χ0v) is 32.6. The van der Waals surface area contributed by atoms with Gasteiger partial charge in [0.25, 0.3) is 0 Å². The van der Waals surface area contributed by atoms with Gasteiger partial charge in [0, 0.05) is 22.2 Å². The number of benzene rings is 6. The average Bonchev–Trinajstić information content (AvgIpc) is 3.70. The Balaban J connectivity index is 1.09. The molecule has 0 aliphatic carbocycles. The lowest BCUT2D eigenvalue weighted by Crippen LogP contribution is -2.30. The topological polar surface area (TPSA) is 68.3 Å². The van der Waals surface area contributed by atoms with Crippen molar-refractivity contribution in [3.05, 3.63) is 184 Å². The Morgan fingerprint density at radius 1 is 0.491 bits per heavy atom. The van der Waals surface area contributed by atoms with Gasteiger partial charge in [0.15, 0.2) is 11.5 Å². The molecule has 0 atom stereocenters. The highest BCUT2D eigenvalue weighted by Gasteiger charge is 2.46. The molecule has 6 aromatic rings. The van der Waals surface area contributed by atoms with Crippen LogP contribution in [-0.2, 0) is 29.9 Å². The summed E-state index contributed by atoms with van der Waals surface area (Å²) >= 11 is 0. The molecule has 6 aromatic carbocycles. The van der Waals surface area contributed by atoms with E-state index in [4.69, 9.17) is 14.2 Å². The van der Waals surface area contributed by atoms with Crippen LogP contribution in [0.5, 0.6) is 5.75 Å². The van der Waals surface area contributed by atoms with Gasteiger partial charge in [0.05, 0.1) is 29.9 Å². The molecule has 0 N–H and O–H groups in total. The SMILES string of the molecule is COc1ccc(N2c3ccccc3C(C)(C)c3cc(C4=C5OC(=O)C(c6ccc7c(c6)C(C)(C)c6ccccc6N7c6ccc(C)cc6)=C5OC4=O)ccc32)cc1. The van der Waals surface area contributed by atoms with E-state index in [0.29, 0.717) is 11.1 Å². The van der Waals surface area contributed by atoms with Crippen molar-refractivity contribution < 1.29 is 23.8 Å². The summed E-state index contributed by atoms with van der Waals surface area (Å²) in [5, 5.41) is 0. The number of ether oxygens (including phenoxy) is 3. The maximum Gasteiger partial charge on any atom is 0.348 e. The lowest BCUT2D eigenvalue weighted by Gasteiger charge is -2.42. The molecule has 0 spiro atoms. The van der Waals surface area contributed by atoms with Crippen LogP contribution >= 0.6 is 0 Å². The predicted molar refractivity (Wildman–Crippen MR) is 224 cm³/mol. The third kappa shape index (κ3) is 5.04. The first kappa shape index (κ1) is 34.6. The van der Waals surface area contributed by atoms with Crippen LogP contribution in [0.1, 0.15) is 66.6 Å². The lowest BCUT2D eigenvalue weighted by molar-refractivity contribution is -0.131. The van der Waals surface area contributed by atoms with Gasteiger partial charge in [-0.05, 0) is 113 Å². The van der Waals surface area contributed by atoms with E-state index >= 15 is 0 Å². The van der Waals surface area contributed by atoms with Gasteiger partial charge >= 0.3 is 11.9 Å². The van der Waals surface area contributed by atoms with Crippen LogP contribution in [0.15, 0.2) is 145 Å². The first-order valence-electron chi connectivity index (χ1n) is 19.2. The molecule has 10 rings (SSSR count). The van der Waals surface area contributed by atoms with Crippen LogP contribution in [0.25, 0.3) is 11.1 Å². The molecule has 0 radical (unpaired) electrons. The predicted octanol–water partition coefficient (Wildman–Crippen LogP) is 11.5. The van der Waals surface area contributed by atoms with E-state index in [1.54, 1.807) is 7.11 Å². The van der Waals surface area contributed by atoms with E-state index in [1.807, 2.05) is 54.6 Å². The number of aryl methyl sites for hydroxylation is 1. The monoisotopic (exact) mass is 748 g/mol. The largest absolute Gasteiger partial charge is 0.497 e. The number of carbonyl (C=O) groups excluding carboxylic acids is 2. The van der Waals surface area contributed by atoms with Crippen molar-refractivity contribution in [3.63, 3.8) is 0 Å². The zero-order valence-electron chi connectivity index (χ0n) is 32.6. The molecule has 4 aliphatic rings. The normalized spacial score (nSPS) is 17.0. The van der Waals surface area contributed by atoms with Gasteiger partial charge in [-0.3, -0.25) is 0 Å². The number of hydrogen-bond acceptors (Lipinski definition) is 7. The Hall–Kier alpha value is -6.86. The zero-order chi connectivity index (χ0) is 39.4. The van der Waals surface area contributed by atoms with E-state index in [0.717, 1.165) is 56.6 Å².